The first-order chi connectivity index (χ1) is 7.99. The van der Waals surface area contributed by atoms with Crippen molar-refractivity contribution < 1.29 is 8.42 Å². The summed E-state index contributed by atoms with van der Waals surface area (Å²) in [4.78, 5) is 0. The van der Waals surface area contributed by atoms with E-state index < -0.39 is 10.0 Å². The van der Waals surface area contributed by atoms with Crippen molar-refractivity contribution in [2.45, 2.75) is 12.3 Å². The first kappa shape index (κ1) is 13.7. The summed E-state index contributed by atoms with van der Waals surface area (Å²) in [7, 11) is -1.88. The molecule has 0 fully saturated rings. The average Bonchev–Trinajstić information content (AvgIpc) is 2.29. The van der Waals surface area contributed by atoms with Crippen molar-refractivity contribution in [3.63, 3.8) is 0 Å². The summed E-state index contributed by atoms with van der Waals surface area (Å²) in [6.07, 6.45) is 5.09. The van der Waals surface area contributed by atoms with Crippen LogP contribution in [0.4, 0.5) is 0 Å². The lowest BCUT2D eigenvalue weighted by Crippen LogP contribution is -2.28. The van der Waals surface area contributed by atoms with E-state index in [2.05, 4.69) is 5.92 Å². The van der Waals surface area contributed by atoms with Gasteiger partial charge in [-0.05, 0) is 11.1 Å². The van der Waals surface area contributed by atoms with E-state index in [-0.39, 0.29) is 12.3 Å². The van der Waals surface area contributed by atoms with Crippen molar-refractivity contribution in [1.82, 2.24) is 4.31 Å². The monoisotopic (exact) mass is 252 g/mol. The Balaban J connectivity index is 2.87. The second-order valence-corrected chi connectivity index (χ2v) is 5.82. The van der Waals surface area contributed by atoms with Crippen LogP contribution in [0.3, 0.4) is 0 Å². The number of nitrogens with zero attached hydrogens (tertiary/aromatic N) is 1. The number of hydrogen-bond acceptors (Lipinski definition) is 3. The predicted molar refractivity (Wildman–Crippen MR) is 68.4 cm³/mol. The number of benzene rings is 1. The Morgan fingerprint density at radius 1 is 1.41 bits per heavy atom. The highest BCUT2D eigenvalue weighted by Gasteiger charge is 2.17. The van der Waals surface area contributed by atoms with Gasteiger partial charge in [0.15, 0.2) is 0 Å². The highest BCUT2D eigenvalue weighted by Crippen LogP contribution is 2.11. The van der Waals surface area contributed by atoms with E-state index in [9.17, 15) is 8.42 Å². The Labute approximate surface area is 102 Å². The van der Waals surface area contributed by atoms with Crippen LogP contribution in [0.2, 0.25) is 0 Å². The molecule has 0 aliphatic rings. The van der Waals surface area contributed by atoms with E-state index in [4.69, 9.17) is 12.2 Å². The molecule has 1 aromatic rings. The summed E-state index contributed by atoms with van der Waals surface area (Å²) in [6, 6.07) is 7.22. The van der Waals surface area contributed by atoms with E-state index in [0.717, 1.165) is 11.1 Å². The largest absolute Gasteiger partial charge is 0.326 e. The summed E-state index contributed by atoms with van der Waals surface area (Å²) >= 11 is 0. The summed E-state index contributed by atoms with van der Waals surface area (Å²) in [6.45, 7) is 0.479. The molecule has 0 radical (unpaired) electrons. The van der Waals surface area contributed by atoms with Crippen LogP contribution in [-0.4, -0.2) is 26.3 Å². The molecule has 17 heavy (non-hydrogen) atoms. The molecule has 0 amide bonds. The molecule has 0 saturated heterocycles. The van der Waals surface area contributed by atoms with E-state index in [0.29, 0.717) is 6.54 Å². The van der Waals surface area contributed by atoms with Crippen molar-refractivity contribution in [3.05, 3.63) is 35.4 Å². The molecule has 0 saturated carbocycles. The molecular formula is C12H16N2O2S. The van der Waals surface area contributed by atoms with Crippen molar-refractivity contribution in [2.24, 2.45) is 5.73 Å². The van der Waals surface area contributed by atoms with E-state index in [1.165, 1.54) is 11.4 Å². The summed E-state index contributed by atoms with van der Waals surface area (Å²) < 4.78 is 24.9. The first-order valence-corrected chi connectivity index (χ1v) is 6.76. The maximum atomic E-state index is 11.9. The minimum absolute atomic E-state index is 0.0565. The highest BCUT2D eigenvalue weighted by molar-refractivity contribution is 7.88. The Hall–Kier alpha value is -1.35. The van der Waals surface area contributed by atoms with Gasteiger partial charge in [-0.2, -0.15) is 4.31 Å². The molecule has 0 spiro atoms. The zero-order valence-electron chi connectivity index (χ0n) is 9.76. The Kier molecular flexibility index (Phi) is 4.70. The van der Waals surface area contributed by atoms with Gasteiger partial charge >= 0.3 is 0 Å². The van der Waals surface area contributed by atoms with Gasteiger partial charge in [0.05, 0.1) is 12.3 Å². The van der Waals surface area contributed by atoms with Crippen LogP contribution in [0.25, 0.3) is 0 Å². The van der Waals surface area contributed by atoms with Crippen molar-refractivity contribution >= 4 is 10.0 Å². The van der Waals surface area contributed by atoms with Crippen molar-refractivity contribution in [2.75, 3.05) is 13.6 Å². The molecule has 0 unspecified atom stereocenters. The molecule has 0 aliphatic carbocycles. The zero-order valence-corrected chi connectivity index (χ0v) is 10.6. The molecule has 0 heterocycles. The van der Waals surface area contributed by atoms with Gasteiger partial charge < -0.3 is 5.73 Å². The highest BCUT2D eigenvalue weighted by atomic mass is 32.2. The summed E-state index contributed by atoms with van der Waals surface area (Å²) in [5.41, 5.74) is 7.14. The van der Waals surface area contributed by atoms with E-state index in [1.54, 1.807) is 18.2 Å². The van der Waals surface area contributed by atoms with Crippen LogP contribution in [0.1, 0.15) is 11.1 Å². The molecule has 1 rings (SSSR count). The van der Waals surface area contributed by atoms with Crippen LogP contribution < -0.4 is 5.73 Å². The fraction of sp³-hybridized carbons (Fsp3) is 0.333. The molecule has 4 nitrogen and oxygen atoms in total. The third-order valence-corrected chi connectivity index (χ3v) is 4.14. The van der Waals surface area contributed by atoms with Gasteiger partial charge in [-0.1, -0.05) is 30.2 Å². The molecule has 1 aromatic carbocycles. The lowest BCUT2D eigenvalue weighted by atomic mass is 10.1. The predicted octanol–water partition coefficient (Wildman–Crippen LogP) is 0.540. The minimum Gasteiger partial charge on any atom is -0.326 e. The lowest BCUT2D eigenvalue weighted by molar-refractivity contribution is 0.502. The number of hydrogen-bond donors (Lipinski definition) is 1. The quantitative estimate of drug-likeness (QED) is 0.778. The SMILES string of the molecule is C#CCN(C)S(=O)(=O)Cc1cccc(CN)c1. The van der Waals surface area contributed by atoms with Crippen LogP contribution in [0, 0.1) is 12.3 Å². The zero-order chi connectivity index (χ0) is 12.9. The first-order valence-electron chi connectivity index (χ1n) is 5.15. The average molecular weight is 252 g/mol. The topological polar surface area (TPSA) is 63.4 Å². The molecule has 0 atom stereocenters. The lowest BCUT2D eigenvalue weighted by Gasteiger charge is -2.14. The summed E-state index contributed by atoms with van der Waals surface area (Å²) in [5.74, 6) is 2.25. The summed E-state index contributed by atoms with van der Waals surface area (Å²) in [5, 5.41) is 0. The fourth-order valence-electron chi connectivity index (χ4n) is 1.39. The number of rotatable bonds is 5. The molecule has 92 valence electrons. The number of sulfonamides is 1. The smallest absolute Gasteiger partial charge is 0.218 e. The second kappa shape index (κ2) is 5.82. The van der Waals surface area contributed by atoms with Gasteiger partial charge in [0.25, 0.3) is 0 Å². The van der Waals surface area contributed by atoms with Crippen molar-refractivity contribution in [3.8, 4) is 12.3 Å². The van der Waals surface area contributed by atoms with E-state index >= 15 is 0 Å². The fourth-order valence-corrected chi connectivity index (χ4v) is 2.49. The molecule has 0 aromatic heterocycles. The Morgan fingerprint density at radius 3 is 2.65 bits per heavy atom. The van der Waals surface area contributed by atoms with Gasteiger partial charge in [0, 0.05) is 13.6 Å². The van der Waals surface area contributed by atoms with E-state index in [1.807, 2.05) is 6.07 Å². The molecule has 2 N–H and O–H groups in total. The molecular weight excluding hydrogens is 236 g/mol. The molecule has 5 heteroatoms. The van der Waals surface area contributed by atoms with Gasteiger partial charge in [0.2, 0.25) is 10.0 Å². The van der Waals surface area contributed by atoms with Crippen LogP contribution in [0.15, 0.2) is 24.3 Å². The number of nitrogens with two attached hydrogens (primary N) is 1. The maximum absolute atomic E-state index is 11.9. The maximum Gasteiger partial charge on any atom is 0.218 e. The van der Waals surface area contributed by atoms with Crippen LogP contribution in [-0.2, 0) is 22.3 Å². The minimum atomic E-state index is -3.35. The number of terminal acetylenes is 1. The van der Waals surface area contributed by atoms with Crippen LogP contribution in [0.5, 0.6) is 0 Å². The van der Waals surface area contributed by atoms with Gasteiger partial charge in [-0.25, -0.2) is 8.42 Å². The standard InChI is InChI=1S/C12H16N2O2S/c1-3-7-14(2)17(15,16)10-12-6-4-5-11(8-12)9-13/h1,4-6,8H,7,9-10,13H2,2H3. The van der Waals surface area contributed by atoms with Gasteiger partial charge in [-0.15, -0.1) is 6.42 Å². The Bertz CT molecular complexity index is 518. The molecule has 0 bridgehead atoms. The third-order valence-electron chi connectivity index (χ3n) is 2.36. The Morgan fingerprint density at radius 2 is 2.06 bits per heavy atom. The van der Waals surface area contributed by atoms with Gasteiger partial charge in [-0.3, -0.25) is 0 Å². The normalized spacial score (nSPS) is 11.4. The van der Waals surface area contributed by atoms with Crippen LogP contribution >= 0.6 is 0 Å². The molecule has 0 aliphatic heterocycles. The second-order valence-electron chi connectivity index (χ2n) is 3.74. The van der Waals surface area contributed by atoms with Gasteiger partial charge in [0.1, 0.15) is 0 Å². The van der Waals surface area contributed by atoms with Crippen molar-refractivity contribution in [1.29, 1.82) is 0 Å². The third kappa shape index (κ3) is 3.86.